The molecule has 3 rings (SSSR count). The number of nitrogens with zero attached hydrogens (tertiary/aromatic N) is 5. The third kappa shape index (κ3) is 4.17. The number of anilines is 2. The predicted molar refractivity (Wildman–Crippen MR) is 102 cm³/mol. The van der Waals surface area contributed by atoms with E-state index in [1.807, 2.05) is 30.5 Å². The fourth-order valence-corrected chi connectivity index (χ4v) is 3.82. The van der Waals surface area contributed by atoms with Crippen molar-refractivity contribution in [3.63, 3.8) is 0 Å². The average molecular weight is 370 g/mol. The van der Waals surface area contributed by atoms with Gasteiger partial charge in [-0.3, -0.25) is 9.36 Å². The smallest absolute Gasteiger partial charge is 0.237 e. The first kappa shape index (κ1) is 18.3. The van der Waals surface area contributed by atoms with Crippen LogP contribution in [0.1, 0.15) is 36.4 Å². The number of thioether (sulfide) groups is 1. The number of nitrogens with two attached hydrogens (primary N) is 1. The highest BCUT2D eigenvalue weighted by molar-refractivity contribution is 7.99. The monoisotopic (exact) mass is 370 g/mol. The molecule has 8 heteroatoms. The van der Waals surface area contributed by atoms with E-state index >= 15 is 0 Å². The molecule has 0 radical (unpaired) electrons. The molecule has 1 heterocycles. The van der Waals surface area contributed by atoms with Crippen LogP contribution in [0.25, 0.3) is 0 Å². The van der Waals surface area contributed by atoms with Crippen molar-refractivity contribution < 1.29 is 4.79 Å². The van der Waals surface area contributed by atoms with E-state index < -0.39 is 0 Å². The SMILES string of the molecule is Cc1cc(C)cc(N(CCC#N)C(=O)CSc2nnc(N)n2C2CC2)c1. The van der Waals surface area contributed by atoms with Crippen molar-refractivity contribution in [1.82, 2.24) is 14.8 Å². The molecule has 0 unspecified atom stereocenters. The third-order valence-electron chi connectivity index (χ3n) is 4.19. The van der Waals surface area contributed by atoms with Crippen LogP contribution in [0.3, 0.4) is 0 Å². The molecule has 0 atom stereocenters. The Morgan fingerprint density at radius 1 is 1.35 bits per heavy atom. The maximum atomic E-state index is 12.9. The lowest BCUT2D eigenvalue weighted by atomic mass is 10.1. The molecule has 1 aromatic carbocycles. The number of nitriles is 1. The van der Waals surface area contributed by atoms with E-state index in [2.05, 4.69) is 22.3 Å². The van der Waals surface area contributed by atoms with E-state index in [1.165, 1.54) is 11.8 Å². The van der Waals surface area contributed by atoms with Gasteiger partial charge in [0, 0.05) is 18.3 Å². The molecule has 0 bridgehead atoms. The van der Waals surface area contributed by atoms with E-state index in [1.54, 1.807) is 4.90 Å². The number of carbonyl (C=O) groups excluding carboxylic acids is 1. The number of hydrogen-bond acceptors (Lipinski definition) is 6. The first-order valence-corrected chi connectivity index (χ1v) is 9.57. The van der Waals surface area contributed by atoms with Crippen molar-refractivity contribution in [2.75, 3.05) is 22.9 Å². The zero-order chi connectivity index (χ0) is 18.7. The van der Waals surface area contributed by atoms with Crippen LogP contribution in [0.4, 0.5) is 11.6 Å². The summed E-state index contributed by atoms with van der Waals surface area (Å²) in [6.07, 6.45) is 2.43. The van der Waals surface area contributed by atoms with Crippen LogP contribution in [0.5, 0.6) is 0 Å². The third-order valence-corrected chi connectivity index (χ3v) is 5.12. The Hall–Kier alpha value is -2.53. The molecule has 136 valence electrons. The lowest BCUT2D eigenvalue weighted by Gasteiger charge is -2.22. The number of carbonyl (C=O) groups is 1. The first-order chi connectivity index (χ1) is 12.5. The van der Waals surface area contributed by atoms with E-state index in [0.717, 1.165) is 29.7 Å². The molecule has 0 spiro atoms. The maximum Gasteiger partial charge on any atom is 0.237 e. The van der Waals surface area contributed by atoms with E-state index in [0.29, 0.717) is 23.7 Å². The van der Waals surface area contributed by atoms with Crippen LogP contribution in [-0.2, 0) is 4.79 Å². The fourth-order valence-electron chi connectivity index (χ4n) is 2.93. The Morgan fingerprint density at radius 3 is 2.65 bits per heavy atom. The van der Waals surface area contributed by atoms with Crippen LogP contribution >= 0.6 is 11.8 Å². The molecular weight excluding hydrogens is 348 g/mol. The summed E-state index contributed by atoms with van der Waals surface area (Å²) in [5, 5.41) is 17.7. The highest BCUT2D eigenvalue weighted by atomic mass is 32.2. The van der Waals surface area contributed by atoms with Crippen molar-refractivity contribution in [2.45, 2.75) is 44.3 Å². The molecule has 26 heavy (non-hydrogen) atoms. The largest absolute Gasteiger partial charge is 0.368 e. The summed E-state index contributed by atoms with van der Waals surface area (Å²) in [4.78, 5) is 14.5. The molecular formula is C18H22N6OS. The van der Waals surface area contributed by atoms with Gasteiger partial charge in [0.05, 0.1) is 18.2 Å². The summed E-state index contributed by atoms with van der Waals surface area (Å²) in [5.74, 6) is 0.570. The van der Waals surface area contributed by atoms with Crippen molar-refractivity contribution in [3.05, 3.63) is 29.3 Å². The van der Waals surface area contributed by atoms with E-state index in [9.17, 15) is 4.79 Å². The summed E-state index contributed by atoms with van der Waals surface area (Å²) in [6, 6.07) is 8.48. The fraction of sp³-hybridized carbons (Fsp3) is 0.444. The number of aryl methyl sites for hydroxylation is 2. The lowest BCUT2D eigenvalue weighted by Crippen LogP contribution is -2.33. The van der Waals surface area contributed by atoms with E-state index in [4.69, 9.17) is 11.0 Å². The minimum Gasteiger partial charge on any atom is -0.368 e. The molecule has 1 aliphatic carbocycles. The summed E-state index contributed by atoms with van der Waals surface area (Å²) < 4.78 is 1.91. The highest BCUT2D eigenvalue weighted by Gasteiger charge is 2.29. The molecule has 7 nitrogen and oxygen atoms in total. The van der Waals surface area contributed by atoms with Crippen LogP contribution in [0.2, 0.25) is 0 Å². The first-order valence-electron chi connectivity index (χ1n) is 8.58. The minimum atomic E-state index is -0.0563. The van der Waals surface area contributed by atoms with E-state index in [-0.39, 0.29) is 18.1 Å². The number of benzene rings is 1. The zero-order valence-corrected chi connectivity index (χ0v) is 15.8. The minimum absolute atomic E-state index is 0.0563. The van der Waals surface area contributed by atoms with Crippen LogP contribution < -0.4 is 10.6 Å². The van der Waals surface area contributed by atoms with Gasteiger partial charge >= 0.3 is 0 Å². The lowest BCUT2D eigenvalue weighted by molar-refractivity contribution is -0.116. The topological polar surface area (TPSA) is 101 Å². The Bertz CT molecular complexity index is 832. The molecule has 2 N–H and O–H groups in total. The van der Waals surface area contributed by atoms with Crippen LogP contribution in [-0.4, -0.2) is 33.0 Å². The molecule has 0 aliphatic heterocycles. The van der Waals surface area contributed by atoms with Crippen LogP contribution in [0, 0.1) is 25.2 Å². The zero-order valence-electron chi connectivity index (χ0n) is 15.0. The Morgan fingerprint density at radius 2 is 2.04 bits per heavy atom. The highest BCUT2D eigenvalue weighted by Crippen LogP contribution is 2.39. The van der Waals surface area contributed by atoms with Gasteiger partial charge in [-0.1, -0.05) is 17.8 Å². The van der Waals surface area contributed by atoms with Gasteiger partial charge in [-0.05, 0) is 49.9 Å². The van der Waals surface area contributed by atoms with Gasteiger partial charge in [-0.25, -0.2) is 0 Å². The summed E-state index contributed by atoms with van der Waals surface area (Å²) in [6.45, 7) is 4.37. The van der Waals surface area contributed by atoms with Gasteiger partial charge < -0.3 is 10.6 Å². The standard InChI is InChI=1S/C18H22N6OS/c1-12-8-13(2)10-15(9-12)23(7-3-6-19)16(25)11-26-18-22-21-17(20)24(18)14-4-5-14/h8-10,14H,3-5,7,11H2,1-2H3,(H2,20,21). The molecule has 1 saturated carbocycles. The van der Waals surface area contributed by atoms with Gasteiger partial charge in [0.1, 0.15) is 0 Å². The number of amides is 1. The second-order valence-electron chi connectivity index (χ2n) is 6.53. The summed E-state index contributed by atoms with van der Waals surface area (Å²) in [7, 11) is 0. The Balaban J connectivity index is 1.74. The number of hydrogen-bond donors (Lipinski definition) is 1. The predicted octanol–water partition coefficient (Wildman–Crippen LogP) is 2.85. The summed E-state index contributed by atoms with van der Waals surface area (Å²) >= 11 is 1.34. The number of nitrogen functional groups attached to an aromatic ring is 1. The Labute approximate surface area is 157 Å². The molecule has 1 fully saturated rings. The van der Waals surface area contributed by atoms with Gasteiger partial charge in [-0.15, -0.1) is 10.2 Å². The van der Waals surface area contributed by atoms with Crippen molar-refractivity contribution in [2.24, 2.45) is 0 Å². The maximum absolute atomic E-state index is 12.9. The second-order valence-corrected chi connectivity index (χ2v) is 7.47. The molecule has 1 aliphatic rings. The van der Waals surface area contributed by atoms with Gasteiger partial charge in [-0.2, -0.15) is 5.26 Å². The Kier molecular flexibility index (Phi) is 5.47. The van der Waals surface area contributed by atoms with Crippen LogP contribution in [0.15, 0.2) is 23.4 Å². The normalized spacial score (nSPS) is 13.4. The number of aromatic nitrogens is 3. The second kappa shape index (κ2) is 7.79. The molecule has 1 amide bonds. The molecule has 2 aromatic rings. The van der Waals surface area contributed by atoms with Crippen molar-refractivity contribution in [1.29, 1.82) is 5.26 Å². The van der Waals surface area contributed by atoms with Crippen molar-refractivity contribution >= 4 is 29.3 Å². The molecule has 1 aromatic heterocycles. The number of rotatable bonds is 7. The van der Waals surface area contributed by atoms with Gasteiger partial charge in [0.25, 0.3) is 0 Å². The molecule has 0 saturated heterocycles. The van der Waals surface area contributed by atoms with Gasteiger partial charge in [0.2, 0.25) is 11.9 Å². The van der Waals surface area contributed by atoms with Gasteiger partial charge in [0.15, 0.2) is 5.16 Å². The van der Waals surface area contributed by atoms with Crippen molar-refractivity contribution in [3.8, 4) is 6.07 Å². The summed E-state index contributed by atoms with van der Waals surface area (Å²) in [5.41, 5.74) is 8.88. The average Bonchev–Trinajstić information content (AvgIpc) is 3.35. The quantitative estimate of drug-likeness (QED) is 0.752.